The van der Waals surface area contributed by atoms with Gasteiger partial charge < -0.3 is 5.32 Å². The molecule has 1 aromatic heterocycles. The maximum absolute atomic E-state index is 5.09. The molecule has 21 heavy (non-hydrogen) atoms. The highest BCUT2D eigenvalue weighted by Gasteiger charge is 2.39. The van der Waals surface area contributed by atoms with Gasteiger partial charge in [-0.25, -0.2) is 4.98 Å². The maximum Gasteiger partial charge on any atom is 0.113 e. The largest absolute Gasteiger partial charge is 0.308 e. The van der Waals surface area contributed by atoms with E-state index in [0.717, 1.165) is 11.8 Å². The van der Waals surface area contributed by atoms with Crippen LogP contribution in [0.4, 0.5) is 0 Å². The second-order valence-corrected chi connectivity index (χ2v) is 8.60. The van der Waals surface area contributed by atoms with Gasteiger partial charge in [0.15, 0.2) is 0 Å². The molecule has 1 heterocycles. The molecule has 1 N–H and O–H groups in total. The topological polar surface area (TPSA) is 24.9 Å². The van der Waals surface area contributed by atoms with Gasteiger partial charge in [0.25, 0.3) is 0 Å². The van der Waals surface area contributed by atoms with Crippen LogP contribution in [0.5, 0.6) is 0 Å². The Kier molecular flexibility index (Phi) is 4.70. The van der Waals surface area contributed by atoms with Gasteiger partial charge >= 0.3 is 0 Å². The minimum absolute atomic E-state index is 0.166. The minimum atomic E-state index is 0.166. The molecule has 0 bridgehead atoms. The molecule has 0 aliphatic heterocycles. The van der Waals surface area contributed by atoms with Crippen molar-refractivity contribution in [3.05, 3.63) is 15.6 Å². The monoisotopic (exact) mass is 306 g/mol. The van der Waals surface area contributed by atoms with Crippen molar-refractivity contribution in [2.24, 2.45) is 11.8 Å². The number of aromatic nitrogens is 1. The Morgan fingerprint density at radius 2 is 2.10 bits per heavy atom. The Balaban J connectivity index is 1.83. The first-order chi connectivity index (χ1) is 10.1. The highest BCUT2D eigenvalue weighted by Crippen LogP contribution is 2.44. The normalized spacial score (nSPS) is 29.6. The Bertz CT molecular complexity index is 456. The smallest absolute Gasteiger partial charge is 0.113 e. The average molecular weight is 307 g/mol. The summed E-state index contributed by atoms with van der Waals surface area (Å²) in [6, 6.07) is 0. The number of thiazole rings is 1. The molecule has 0 radical (unpaired) electrons. The number of rotatable bonds is 4. The van der Waals surface area contributed by atoms with E-state index in [1.54, 1.807) is 4.88 Å². The van der Waals surface area contributed by atoms with Crippen LogP contribution >= 0.6 is 11.3 Å². The predicted molar refractivity (Wildman–Crippen MR) is 90.9 cm³/mol. The summed E-state index contributed by atoms with van der Waals surface area (Å²) in [4.78, 5) is 6.67. The molecule has 1 fully saturated rings. The van der Waals surface area contributed by atoms with Gasteiger partial charge in [-0.15, -0.1) is 11.3 Å². The molecule has 0 aromatic carbocycles. The maximum atomic E-state index is 5.09. The summed E-state index contributed by atoms with van der Waals surface area (Å²) >= 11 is 2.01. The molecular weight excluding hydrogens is 276 g/mol. The molecule has 1 aromatic rings. The van der Waals surface area contributed by atoms with Gasteiger partial charge in [-0.1, -0.05) is 26.7 Å². The zero-order valence-corrected chi connectivity index (χ0v) is 14.7. The van der Waals surface area contributed by atoms with Gasteiger partial charge in [-0.05, 0) is 63.8 Å². The zero-order chi connectivity index (χ0) is 14.9. The van der Waals surface area contributed by atoms with Crippen LogP contribution in [-0.2, 0) is 18.4 Å². The number of nitrogens with zero attached hydrogens (tertiary/aromatic N) is 1. The fraction of sp³-hybridized carbons (Fsp3) is 0.833. The van der Waals surface area contributed by atoms with Crippen molar-refractivity contribution in [2.75, 3.05) is 7.05 Å². The summed E-state index contributed by atoms with van der Waals surface area (Å²) in [5.74, 6) is 1.68. The van der Waals surface area contributed by atoms with E-state index in [0.29, 0.717) is 0 Å². The summed E-state index contributed by atoms with van der Waals surface area (Å²) < 4.78 is 0. The molecule has 3 rings (SSSR count). The van der Waals surface area contributed by atoms with Crippen molar-refractivity contribution >= 4 is 11.3 Å². The molecule has 2 aliphatic carbocycles. The second kappa shape index (κ2) is 6.37. The van der Waals surface area contributed by atoms with E-state index in [1.165, 1.54) is 68.5 Å². The SMILES string of the molecule is CNC1(c2nc3c(s2)CCCC3)CCCC(CC(C)C)C1. The van der Waals surface area contributed by atoms with Gasteiger partial charge in [0.1, 0.15) is 5.01 Å². The van der Waals surface area contributed by atoms with E-state index in [2.05, 4.69) is 26.2 Å². The predicted octanol–water partition coefficient (Wildman–Crippen LogP) is 4.67. The van der Waals surface area contributed by atoms with Gasteiger partial charge in [-0.2, -0.15) is 0 Å². The number of hydrogen-bond acceptors (Lipinski definition) is 3. The fourth-order valence-corrected chi connectivity index (χ4v) is 5.73. The van der Waals surface area contributed by atoms with Crippen LogP contribution in [0, 0.1) is 11.8 Å². The first-order valence-electron chi connectivity index (χ1n) is 8.81. The van der Waals surface area contributed by atoms with Crippen molar-refractivity contribution in [2.45, 2.75) is 77.2 Å². The standard InChI is InChI=1S/C18H30N2S/c1-13(2)11-14-7-6-10-18(12-14,19-3)17-20-15-8-4-5-9-16(15)21-17/h13-14,19H,4-12H2,1-3H3. The van der Waals surface area contributed by atoms with E-state index in [1.807, 2.05) is 11.3 Å². The number of aryl methyl sites for hydroxylation is 2. The van der Waals surface area contributed by atoms with Crippen molar-refractivity contribution < 1.29 is 0 Å². The van der Waals surface area contributed by atoms with Crippen LogP contribution in [0.1, 0.15) is 74.4 Å². The molecule has 2 unspecified atom stereocenters. The van der Waals surface area contributed by atoms with Crippen LogP contribution in [0.25, 0.3) is 0 Å². The lowest BCUT2D eigenvalue weighted by molar-refractivity contribution is 0.171. The van der Waals surface area contributed by atoms with Crippen molar-refractivity contribution in [1.29, 1.82) is 0 Å². The van der Waals surface area contributed by atoms with Crippen LogP contribution in [0.2, 0.25) is 0 Å². The van der Waals surface area contributed by atoms with Gasteiger partial charge in [0.05, 0.1) is 11.2 Å². The minimum Gasteiger partial charge on any atom is -0.308 e. The highest BCUT2D eigenvalue weighted by atomic mass is 32.1. The molecular formula is C18H30N2S. The molecule has 2 nitrogen and oxygen atoms in total. The first-order valence-corrected chi connectivity index (χ1v) is 9.62. The second-order valence-electron chi connectivity index (χ2n) is 7.52. The van der Waals surface area contributed by atoms with E-state index in [-0.39, 0.29) is 5.54 Å². The lowest BCUT2D eigenvalue weighted by Gasteiger charge is -2.40. The molecule has 2 atom stereocenters. The van der Waals surface area contributed by atoms with Gasteiger partial charge in [0, 0.05) is 4.88 Å². The van der Waals surface area contributed by atoms with Crippen LogP contribution in [0.3, 0.4) is 0 Å². The van der Waals surface area contributed by atoms with E-state index < -0.39 is 0 Å². The number of hydrogen-bond donors (Lipinski definition) is 1. The van der Waals surface area contributed by atoms with Crippen LogP contribution in [0.15, 0.2) is 0 Å². The molecule has 0 spiro atoms. The molecule has 3 heteroatoms. The molecule has 118 valence electrons. The Labute approximate surface area is 133 Å². The van der Waals surface area contributed by atoms with Crippen molar-refractivity contribution in [1.82, 2.24) is 10.3 Å². The van der Waals surface area contributed by atoms with Crippen molar-refractivity contribution in [3.8, 4) is 0 Å². The summed E-state index contributed by atoms with van der Waals surface area (Å²) in [6.45, 7) is 4.72. The summed E-state index contributed by atoms with van der Waals surface area (Å²) in [7, 11) is 2.15. The summed E-state index contributed by atoms with van der Waals surface area (Å²) in [6.07, 6.45) is 11.8. The molecule has 2 aliphatic rings. The third kappa shape index (κ3) is 3.19. The molecule has 0 amide bonds. The van der Waals surface area contributed by atoms with Crippen molar-refractivity contribution in [3.63, 3.8) is 0 Å². The molecule has 1 saturated carbocycles. The van der Waals surface area contributed by atoms with Crippen LogP contribution < -0.4 is 5.32 Å². The van der Waals surface area contributed by atoms with Crippen LogP contribution in [-0.4, -0.2) is 12.0 Å². The third-order valence-electron chi connectivity index (χ3n) is 5.39. The van der Waals surface area contributed by atoms with Gasteiger partial charge in [-0.3, -0.25) is 0 Å². The average Bonchev–Trinajstić information content (AvgIpc) is 2.91. The first kappa shape index (κ1) is 15.5. The van der Waals surface area contributed by atoms with E-state index >= 15 is 0 Å². The lowest BCUT2D eigenvalue weighted by Crippen LogP contribution is -2.44. The third-order valence-corrected chi connectivity index (χ3v) is 6.75. The lowest BCUT2D eigenvalue weighted by atomic mass is 9.73. The molecule has 0 saturated heterocycles. The quantitative estimate of drug-likeness (QED) is 0.874. The van der Waals surface area contributed by atoms with E-state index in [4.69, 9.17) is 4.98 Å². The highest BCUT2D eigenvalue weighted by molar-refractivity contribution is 7.11. The zero-order valence-electron chi connectivity index (χ0n) is 13.9. The Morgan fingerprint density at radius 1 is 1.29 bits per heavy atom. The van der Waals surface area contributed by atoms with Gasteiger partial charge in [0.2, 0.25) is 0 Å². The van der Waals surface area contributed by atoms with E-state index in [9.17, 15) is 0 Å². The number of nitrogens with one attached hydrogen (secondary N) is 1. The number of fused-ring (bicyclic) bond motifs is 1. The fourth-order valence-electron chi connectivity index (χ4n) is 4.34. The Hall–Kier alpha value is -0.410. The summed E-state index contributed by atoms with van der Waals surface area (Å²) in [5.41, 5.74) is 1.58. The Morgan fingerprint density at radius 3 is 2.81 bits per heavy atom. The summed E-state index contributed by atoms with van der Waals surface area (Å²) in [5, 5.41) is 5.09.